The maximum absolute atomic E-state index is 14.4. The van der Waals surface area contributed by atoms with Crippen molar-refractivity contribution < 1.29 is 23.5 Å². The van der Waals surface area contributed by atoms with Crippen molar-refractivity contribution >= 4 is 12.3 Å². The number of benzene rings is 2. The average molecular weight is 372 g/mol. The van der Waals surface area contributed by atoms with E-state index in [0.29, 0.717) is 6.29 Å². The van der Waals surface area contributed by atoms with Crippen LogP contribution in [0.15, 0.2) is 36.4 Å². The summed E-state index contributed by atoms with van der Waals surface area (Å²) in [5.41, 5.74) is 1.96. The van der Waals surface area contributed by atoms with Crippen LogP contribution in [0, 0.1) is 5.82 Å². The van der Waals surface area contributed by atoms with E-state index < -0.39 is 17.5 Å². The topological polar surface area (TPSA) is 52.6 Å². The van der Waals surface area contributed by atoms with E-state index >= 15 is 0 Å². The van der Waals surface area contributed by atoms with Gasteiger partial charge in [0, 0.05) is 0 Å². The first kappa shape index (κ1) is 20.6. The maximum atomic E-state index is 14.4. The number of halogens is 1. The fraction of sp³-hybridized carbons (Fsp3) is 0.364. The number of carbonyl (C=O) groups excluding carboxylic acids is 2. The maximum Gasteiger partial charge on any atom is 0.315 e. The number of ether oxygens (including phenoxy) is 2. The zero-order chi connectivity index (χ0) is 19.6. The molecule has 0 aromatic heterocycles. The molecule has 5 heteroatoms. The molecule has 2 rings (SSSR count). The van der Waals surface area contributed by atoms with E-state index in [1.807, 2.05) is 24.3 Å². The van der Waals surface area contributed by atoms with Crippen LogP contribution in [-0.4, -0.2) is 18.9 Å². The zero-order valence-corrected chi connectivity index (χ0v) is 15.8. The van der Waals surface area contributed by atoms with Gasteiger partial charge in [-0.05, 0) is 43.0 Å². The summed E-state index contributed by atoms with van der Waals surface area (Å²) in [5.74, 6) is -1.93. The fourth-order valence-corrected chi connectivity index (χ4v) is 2.74. The van der Waals surface area contributed by atoms with Gasteiger partial charge in [-0.3, -0.25) is 9.59 Å². The van der Waals surface area contributed by atoms with Crippen LogP contribution in [0.4, 0.5) is 4.39 Å². The van der Waals surface area contributed by atoms with E-state index in [2.05, 4.69) is 6.92 Å². The SMILES string of the molecule is CCCCCc1ccc(CC(=O)Oc2c(C=O)ccc(OCC)c2F)cc1. The molecule has 4 nitrogen and oxygen atoms in total. The van der Waals surface area contributed by atoms with E-state index in [-0.39, 0.29) is 24.3 Å². The number of aryl methyl sites for hydroxylation is 1. The molecular weight excluding hydrogens is 347 g/mol. The third-order valence-corrected chi connectivity index (χ3v) is 4.18. The predicted molar refractivity (Wildman–Crippen MR) is 102 cm³/mol. The largest absolute Gasteiger partial charge is 0.491 e. The second-order valence-corrected chi connectivity index (χ2v) is 6.27. The molecule has 0 aliphatic rings. The molecular formula is C22H25FO4. The standard InChI is InChI=1S/C22H25FO4/c1-3-5-6-7-16-8-10-17(11-9-16)14-20(25)27-22-18(15-24)12-13-19(21(22)23)26-4-2/h8-13,15H,3-7,14H2,1-2H3. The molecule has 2 aromatic rings. The first-order chi connectivity index (χ1) is 13.1. The molecule has 144 valence electrons. The summed E-state index contributed by atoms with van der Waals surface area (Å²) in [7, 11) is 0. The lowest BCUT2D eigenvalue weighted by molar-refractivity contribution is -0.133. The molecule has 0 amide bonds. The molecule has 0 saturated carbocycles. The summed E-state index contributed by atoms with van der Waals surface area (Å²) in [6.45, 7) is 4.14. The van der Waals surface area contributed by atoms with Gasteiger partial charge in [0.05, 0.1) is 18.6 Å². The number of hydrogen-bond donors (Lipinski definition) is 0. The minimum atomic E-state index is -0.846. The van der Waals surface area contributed by atoms with Crippen molar-refractivity contribution in [3.05, 3.63) is 58.9 Å². The number of esters is 1. The van der Waals surface area contributed by atoms with Crippen LogP contribution in [0.2, 0.25) is 0 Å². The second-order valence-electron chi connectivity index (χ2n) is 6.27. The Bertz CT molecular complexity index is 769. The molecule has 0 unspecified atom stereocenters. The third-order valence-electron chi connectivity index (χ3n) is 4.18. The monoisotopic (exact) mass is 372 g/mol. The van der Waals surface area contributed by atoms with Crippen LogP contribution in [0.3, 0.4) is 0 Å². The van der Waals surface area contributed by atoms with Gasteiger partial charge in [0.25, 0.3) is 0 Å². The third kappa shape index (κ3) is 5.91. The summed E-state index contributed by atoms with van der Waals surface area (Å²) in [6.07, 6.45) is 4.96. The Balaban J connectivity index is 2.05. The highest BCUT2D eigenvalue weighted by atomic mass is 19.1. The molecule has 0 heterocycles. The van der Waals surface area contributed by atoms with E-state index in [0.717, 1.165) is 18.4 Å². The van der Waals surface area contributed by atoms with Crippen molar-refractivity contribution in [2.24, 2.45) is 0 Å². The molecule has 0 aliphatic carbocycles. The van der Waals surface area contributed by atoms with Crippen LogP contribution >= 0.6 is 0 Å². The van der Waals surface area contributed by atoms with Crippen LogP contribution in [0.5, 0.6) is 11.5 Å². The predicted octanol–water partition coefficient (Wildman–Crippen LogP) is 4.92. The summed E-state index contributed by atoms with van der Waals surface area (Å²) < 4.78 is 24.7. The highest BCUT2D eigenvalue weighted by Gasteiger charge is 2.19. The zero-order valence-electron chi connectivity index (χ0n) is 15.8. The Morgan fingerprint density at radius 1 is 1.04 bits per heavy atom. The number of unbranched alkanes of at least 4 members (excludes halogenated alkanes) is 2. The highest BCUT2D eigenvalue weighted by Crippen LogP contribution is 2.30. The Morgan fingerprint density at radius 2 is 1.74 bits per heavy atom. The Hall–Kier alpha value is -2.69. The highest BCUT2D eigenvalue weighted by molar-refractivity contribution is 5.83. The molecule has 27 heavy (non-hydrogen) atoms. The van der Waals surface area contributed by atoms with Crippen molar-refractivity contribution in [1.29, 1.82) is 0 Å². The Kier molecular flexibility index (Phi) is 7.99. The molecule has 0 radical (unpaired) electrons. The van der Waals surface area contributed by atoms with Gasteiger partial charge < -0.3 is 9.47 Å². The van der Waals surface area contributed by atoms with Gasteiger partial charge in [-0.25, -0.2) is 0 Å². The summed E-state index contributed by atoms with van der Waals surface area (Å²) in [4.78, 5) is 23.4. The van der Waals surface area contributed by atoms with Crippen molar-refractivity contribution in [3.63, 3.8) is 0 Å². The normalized spacial score (nSPS) is 10.5. The first-order valence-electron chi connectivity index (χ1n) is 9.28. The summed E-state index contributed by atoms with van der Waals surface area (Å²) in [5, 5.41) is 0. The van der Waals surface area contributed by atoms with Gasteiger partial charge in [-0.1, -0.05) is 44.0 Å². The van der Waals surface area contributed by atoms with Gasteiger partial charge in [-0.2, -0.15) is 4.39 Å². The lowest BCUT2D eigenvalue weighted by atomic mass is 10.0. The molecule has 2 aromatic carbocycles. The number of rotatable bonds is 10. The molecule has 0 atom stereocenters. The lowest BCUT2D eigenvalue weighted by Crippen LogP contribution is -2.14. The number of hydrogen-bond acceptors (Lipinski definition) is 4. The molecule has 0 fully saturated rings. The van der Waals surface area contributed by atoms with Crippen molar-refractivity contribution in [2.45, 2.75) is 46.0 Å². The van der Waals surface area contributed by atoms with Crippen molar-refractivity contribution in [3.8, 4) is 11.5 Å². The smallest absolute Gasteiger partial charge is 0.315 e. The number of aldehydes is 1. The first-order valence-corrected chi connectivity index (χ1v) is 9.28. The van der Waals surface area contributed by atoms with Gasteiger partial charge in [0.15, 0.2) is 17.8 Å². The quantitative estimate of drug-likeness (QED) is 0.257. The van der Waals surface area contributed by atoms with Gasteiger partial charge in [0.1, 0.15) is 0 Å². The second kappa shape index (κ2) is 10.5. The molecule has 0 bridgehead atoms. The molecule has 0 spiro atoms. The fourth-order valence-electron chi connectivity index (χ4n) is 2.74. The van der Waals surface area contributed by atoms with Gasteiger partial charge in [0.2, 0.25) is 5.82 Å². The average Bonchev–Trinajstić information content (AvgIpc) is 2.67. The van der Waals surface area contributed by atoms with Crippen LogP contribution in [0.25, 0.3) is 0 Å². The van der Waals surface area contributed by atoms with E-state index in [1.165, 1.54) is 30.5 Å². The van der Waals surface area contributed by atoms with E-state index in [4.69, 9.17) is 9.47 Å². The van der Waals surface area contributed by atoms with E-state index in [1.54, 1.807) is 6.92 Å². The van der Waals surface area contributed by atoms with Crippen molar-refractivity contribution in [2.75, 3.05) is 6.61 Å². The Labute approximate surface area is 159 Å². The van der Waals surface area contributed by atoms with Gasteiger partial charge >= 0.3 is 5.97 Å². The van der Waals surface area contributed by atoms with Gasteiger partial charge in [-0.15, -0.1) is 0 Å². The summed E-state index contributed by atoms with van der Waals surface area (Å²) in [6, 6.07) is 10.4. The molecule has 0 saturated heterocycles. The molecule has 0 N–H and O–H groups in total. The molecule has 0 aliphatic heterocycles. The minimum Gasteiger partial charge on any atom is -0.491 e. The lowest BCUT2D eigenvalue weighted by Gasteiger charge is -2.11. The Morgan fingerprint density at radius 3 is 2.37 bits per heavy atom. The van der Waals surface area contributed by atoms with Crippen LogP contribution in [-0.2, 0) is 17.6 Å². The van der Waals surface area contributed by atoms with E-state index in [9.17, 15) is 14.0 Å². The summed E-state index contributed by atoms with van der Waals surface area (Å²) >= 11 is 0. The minimum absolute atomic E-state index is 0.00810. The van der Waals surface area contributed by atoms with Crippen molar-refractivity contribution in [1.82, 2.24) is 0 Å². The van der Waals surface area contributed by atoms with Crippen LogP contribution in [0.1, 0.15) is 54.6 Å². The number of carbonyl (C=O) groups is 2. The van der Waals surface area contributed by atoms with Crippen LogP contribution < -0.4 is 9.47 Å².